The summed E-state index contributed by atoms with van der Waals surface area (Å²) in [6.45, 7) is 6.58. The number of nitrogens with one attached hydrogen (secondary N) is 2. The van der Waals surface area contributed by atoms with E-state index < -0.39 is 0 Å². The molecule has 0 aliphatic carbocycles. The average Bonchev–Trinajstić information content (AvgIpc) is 3.21. The van der Waals surface area contributed by atoms with Crippen molar-refractivity contribution in [1.29, 1.82) is 0 Å². The Morgan fingerprint density at radius 1 is 1.30 bits per heavy atom. The first-order chi connectivity index (χ1) is 12.1. The van der Waals surface area contributed by atoms with Crippen molar-refractivity contribution >= 4 is 42.1 Å². The maximum absolute atomic E-state index is 12.3. The van der Waals surface area contributed by atoms with Gasteiger partial charge in [0.15, 0.2) is 5.69 Å². The highest BCUT2D eigenvalue weighted by molar-refractivity contribution is 7.09. The molecule has 0 unspecified atom stereocenters. The number of unbranched alkanes of at least 4 members (excludes halogenated alkanes) is 1. The smallest absolute Gasteiger partial charge is 0.273 e. The highest BCUT2D eigenvalue weighted by atomic mass is 35.5. The van der Waals surface area contributed by atoms with Crippen LogP contribution in [0.15, 0.2) is 5.38 Å². The lowest BCUT2D eigenvalue weighted by Gasteiger charge is -2.23. The van der Waals surface area contributed by atoms with Crippen molar-refractivity contribution in [2.75, 3.05) is 19.6 Å². The third-order valence-corrected chi connectivity index (χ3v) is 5.59. The van der Waals surface area contributed by atoms with Crippen LogP contribution in [0.25, 0.3) is 0 Å². The van der Waals surface area contributed by atoms with Gasteiger partial charge in [0.2, 0.25) is 0 Å². The Morgan fingerprint density at radius 2 is 2.04 bits per heavy atom. The molecule has 1 fully saturated rings. The number of piperidine rings is 1. The quantitative estimate of drug-likeness (QED) is 0.654. The van der Waals surface area contributed by atoms with Crippen LogP contribution >= 0.6 is 36.2 Å². The fraction of sp³-hybridized carbons (Fsp3) is 0.647. The second-order valence-corrected chi connectivity index (χ2v) is 7.49. The van der Waals surface area contributed by atoms with E-state index >= 15 is 0 Å². The van der Waals surface area contributed by atoms with Gasteiger partial charge in [-0.05, 0) is 59.0 Å². The molecule has 10 heteroatoms. The number of halogens is 2. The molecule has 2 aromatic heterocycles. The van der Waals surface area contributed by atoms with Gasteiger partial charge < -0.3 is 10.6 Å². The third-order valence-electron chi connectivity index (χ3n) is 4.57. The molecule has 27 heavy (non-hydrogen) atoms. The fourth-order valence-electron chi connectivity index (χ4n) is 3.15. The van der Waals surface area contributed by atoms with E-state index in [-0.39, 0.29) is 30.7 Å². The van der Waals surface area contributed by atoms with Gasteiger partial charge in [0.1, 0.15) is 0 Å². The van der Waals surface area contributed by atoms with Crippen LogP contribution in [0.4, 0.5) is 0 Å². The van der Waals surface area contributed by atoms with Gasteiger partial charge >= 0.3 is 0 Å². The van der Waals surface area contributed by atoms with Gasteiger partial charge in [-0.1, -0.05) is 5.21 Å². The number of aromatic nitrogens is 4. The van der Waals surface area contributed by atoms with Crippen molar-refractivity contribution in [2.45, 2.75) is 52.0 Å². The molecule has 0 radical (unpaired) electrons. The van der Waals surface area contributed by atoms with Crippen molar-refractivity contribution < 1.29 is 4.79 Å². The van der Waals surface area contributed by atoms with E-state index in [0.717, 1.165) is 56.6 Å². The number of aryl methyl sites for hydroxylation is 2. The molecule has 3 heterocycles. The zero-order chi connectivity index (χ0) is 17.6. The van der Waals surface area contributed by atoms with Gasteiger partial charge in [-0.2, -0.15) is 0 Å². The van der Waals surface area contributed by atoms with Gasteiger partial charge in [0.05, 0.1) is 16.7 Å². The Bertz CT molecular complexity index is 714. The molecule has 152 valence electrons. The first-order valence-electron chi connectivity index (χ1n) is 8.97. The van der Waals surface area contributed by atoms with Crippen molar-refractivity contribution in [3.05, 3.63) is 27.5 Å². The third kappa shape index (κ3) is 6.41. The number of carbonyl (C=O) groups is 1. The molecule has 0 spiro atoms. The van der Waals surface area contributed by atoms with Gasteiger partial charge in [-0.25, -0.2) is 9.67 Å². The normalized spacial score (nSPS) is 14.3. The zero-order valence-electron chi connectivity index (χ0n) is 15.7. The van der Waals surface area contributed by atoms with Crippen LogP contribution < -0.4 is 10.6 Å². The fourth-order valence-corrected chi connectivity index (χ4v) is 3.97. The van der Waals surface area contributed by atoms with Crippen LogP contribution in [0.1, 0.15) is 58.6 Å². The molecule has 1 aliphatic rings. The molecule has 2 N–H and O–H groups in total. The summed E-state index contributed by atoms with van der Waals surface area (Å²) in [5.74, 6) is -0.122. The van der Waals surface area contributed by atoms with Crippen LogP contribution in [0, 0.1) is 13.8 Å². The minimum Gasteiger partial charge on any atom is -0.351 e. The van der Waals surface area contributed by atoms with Crippen molar-refractivity contribution in [3.8, 4) is 0 Å². The van der Waals surface area contributed by atoms with E-state index in [4.69, 9.17) is 0 Å². The Hall–Kier alpha value is -1.22. The topological polar surface area (TPSA) is 84.7 Å². The van der Waals surface area contributed by atoms with E-state index in [9.17, 15) is 4.79 Å². The Morgan fingerprint density at radius 3 is 2.70 bits per heavy atom. The number of hydrogen-bond acceptors (Lipinski definition) is 6. The lowest BCUT2D eigenvalue weighted by atomic mass is 10.1. The van der Waals surface area contributed by atoms with Crippen molar-refractivity contribution in [2.24, 2.45) is 0 Å². The molecular weight excluding hydrogens is 407 g/mol. The van der Waals surface area contributed by atoms with Gasteiger partial charge in [0.25, 0.3) is 5.91 Å². The molecule has 1 aliphatic heterocycles. The molecule has 0 saturated carbocycles. The molecule has 0 atom stereocenters. The van der Waals surface area contributed by atoms with E-state index in [1.165, 1.54) is 5.01 Å². The summed E-state index contributed by atoms with van der Waals surface area (Å²) in [4.78, 5) is 16.8. The summed E-state index contributed by atoms with van der Waals surface area (Å²) in [5, 5.41) is 17.9. The van der Waals surface area contributed by atoms with E-state index in [0.29, 0.717) is 18.3 Å². The summed E-state index contributed by atoms with van der Waals surface area (Å²) < 4.78 is 1.92. The monoisotopic (exact) mass is 434 g/mol. The SMILES string of the molecule is Cc1csc(CCCCNC(=O)c2nnn(C3CCNCC3)c2C)n1.Cl.Cl. The molecule has 7 nitrogen and oxygen atoms in total. The van der Waals surface area contributed by atoms with Crippen LogP contribution in [0.5, 0.6) is 0 Å². The molecule has 0 aromatic carbocycles. The van der Waals surface area contributed by atoms with Gasteiger partial charge in [-0.3, -0.25) is 4.79 Å². The molecule has 3 rings (SSSR count). The molecule has 1 saturated heterocycles. The summed E-state index contributed by atoms with van der Waals surface area (Å²) in [6, 6.07) is 0.344. The van der Waals surface area contributed by atoms with E-state index in [2.05, 4.69) is 31.3 Å². The van der Waals surface area contributed by atoms with Crippen LogP contribution in [-0.4, -0.2) is 45.5 Å². The van der Waals surface area contributed by atoms with Gasteiger partial charge in [0, 0.05) is 17.6 Å². The average molecular weight is 435 g/mol. The van der Waals surface area contributed by atoms with E-state index in [1.807, 2.05) is 18.5 Å². The van der Waals surface area contributed by atoms with E-state index in [1.54, 1.807) is 11.3 Å². The number of carbonyl (C=O) groups excluding carboxylic acids is 1. The second kappa shape index (κ2) is 11.6. The molecular formula is C17H28Cl2N6OS. The first kappa shape index (κ1) is 23.8. The highest BCUT2D eigenvalue weighted by Gasteiger charge is 2.22. The zero-order valence-corrected chi connectivity index (χ0v) is 18.2. The first-order valence-corrected chi connectivity index (χ1v) is 9.85. The van der Waals surface area contributed by atoms with Crippen molar-refractivity contribution in [3.63, 3.8) is 0 Å². The summed E-state index contributed by atoms with van der Waals surface area (Å²) in [6.07, 6.45) is 4.99. The Kier molecular flexibility index (Phi) is 10.2. The standard InChI is InChI=1S/C17H26N6OS.2ClH/c1-12-11-25-15(20-12)5-3-4-8-19-17(24)16-13(2)23(22-21-16)14-6-9-18-10-7-14;;/h11,14,18H,3-10H2,1-2H3,(H,19,24);2*1H. The predicted octanol–water partition coefficient (Wildman–Crippen LogP) is 2.87. The summed E-state index contributed by atoms with van der Waals surface area (Å²) in [7, 11) is 0. The lowest BCUT2D eigenvalue weighted by Crippen LogP contribution is -2.30. The predicted molar refractivity (Wildman–Crippen MR) is 113 cm³/mol. The maximum atomic E-state index is 12.3. The van der Waals surface area contributed by atoms with Crippen LogP contribution in [0.2, 0.25) is 0 Å². The number of hydrogen-bond donors (Lipinski definition) is 2. The van der Waals surface area contributed by atoms with Crippen molar-refractivity contribution in [1.82, 2.24) is 30.6 Å². The van der Waals surface area contributed by atoms with Crippen LogP contribution in [-0.2, 0) is 6.42 Å². The molecule has 1 amide bonds. The summed E-state index contributed by atoms with van der Waals surface area (Å²) in [5.41, 5.74) is 2.40. The number of nitrogens with zero attached hydrogens (tertiary/aromatic N) is 4. The second-order valence-electron chi connectivity index (χ2n) is 6.54. The minimum atomic E-state index is -0.122. The Balaban J connectivity index is 0.00000182. The Labute approximate surface area is 176 Å². The minimum absolute atomic E-state index is 0. The van der Waals surface area contributed by atoms with Gasteiger partial charge in [-0.15, -0.1) is 41.2 Å². The molecule has 0 bridgehead atoms. The molecule has 2 aromatic rings. The van der Waals surface area contributed by atoms with Crippen LogP contribution in [0.3, 0.4) is 0 Å². The highest BCUT2D eigenvalue weighted by Crippen LogP contribution is 2.20. The maximum Gasteiger partial charge on any atom is 0.273 e. The lowest BCUT2D eigenvalue weighted by molar-refractivity contribution is 0.0947. The number of rotatable bonds is 7. The largest absolute Gasteiger partial charge is 0.351 e. The number of thiazole rings is 1. The number of amides is 1. The summed E-state index contributed by atoms with van der Waals surface area (Å²) >= 11 is 1.70.